The Hall–Kier alpha value is -3.69. The van der Waals surface area contributed by atoms with Crippen molar-refractivity contribution in [2.75, 3.05) is 5.32 Å². The van der Waals surface area contributed by atoms with Gasteiger partial charge >= 0.3 is 6.18 Å². The number of rotatable bonds is 4. The topological polar surface area (TPSA) is 75.6 Å². The molecule has 6 nitrogen and oxygen atoms in total. The lowest BCUT2D eigenvalue weighted by atomic mass is 10.0. The number of carbonyl (C=O) groups excluding carboxylic acids is 1. The lowest BCUT2D eigenvalue weighted by Gasteiger charge is -2.13. The van der Waals surface area contributed by atoms with Crippen LogP contribution in [0.3, 0.4) is 0 Å². The van der Waals surface area contributed by atoms with Gasteiger partial charge in [-0.1, -0.05) is 24.3 Å². The average Bonchev–Trinajstić information content (AvgIpc) is 3.26. The van der Waals surface area contributed by atoms with Crippen LogP contribution in [0.1, 0.15) is 11.1 Å². The Morgan fingerprint density at radius 1 is 1.14 bits per heavy atom. The minimum absolute atomic E-state index is 0.264. The largest absolute Gasteiger partial charge is 0.419 e. The SMILES string of the molecule is O=C(Cc1cccc(F)c1C(F)(F)F)Nc1cnn(-c2nc3ccccc3[nH]2)c1. The van der Waals surface area contributed by atoms with E-state index >= 15 is 0 Å². The minimum atomic E-state index is -4.90. The van der Waals surface area contributed by atoms with Crippen LogP contribution in [0.2, 0.25) is 0 Å². The van der Waals surface area contributed by atoms with Crippen molar-refractivity contribution in [1.29, 1.82) is 0 Å². The van der Waals surface area contributed by atoms with E-state index < -0.39 is 35.4 Å². The highest BCUT2D eigenvalue weighted by atomic mass is 19.4. The molecule has 0 bridgehead atoms. The van der Waals surface area contributed by atoms with Gasteiger partial charge in [0, 0.05) is 0 Å². The second-order valence-corrected chi connectivity index (χ2v) is 6.25. The van der Waals surface area contributed by atoms with Gasteiger partial charge in [0.2, 0.25) is 11.9 Å². The number of H-pyrrole nitrogens is 1. The first-order valence-electron chi connectivity index (χ1n) is 8.45. The molecule has 10 heteroatoms. The molecule has 2 aromatic heterocycles. The normalized spacial score (nSPS) is 11.7. The molecule has 0 saturated carbocycles. The van der Waals surface area contributed by atoms with Gasteiger partial charge in [-0.05, 0) is 23.8 Å². The number of imidazole rings is 1. The number of alkyl halides is 3. The third-order valence-corrected chi connectivity index (χ3v) is 4.19. The van der Waals surface area contributed by atoms with Gasteiger partial charge in [0.15, 0.2) is 0 Å². The maximum atomic E-state index is 13.6. The van der Waals surface area contributed by atoms with Gasteiger partial charge in [0.05, 0.1) is 41.1 Å². The Morgan fingerprint density at radius 3 is 2.69 bits per heavy atom. The van der Waals surface area contributed by atoms with E-state index in [4.69, 9.17) is 0 Å². The quantitative estimate of drug-likeness (QED) is 0.504. The molecule has 0 aliphatic heterocycles. The molecule has 0 saturated heterocycles. The number of aromatic amines is 1. The fourth-order valence-electron chi connectivity index (χ4n) is 2.96. The molecule has 1 amide bonds. The van der Waals surface area contributed by atoms with E-state index in [0.717, 1.165) is 23.2 Å². The van der Waals surface area contributed by atoms with Crippen LogP contribution in [0.15, 0.2) is 54.9 Å². The van der Waals surface area contributed by atoms with E-state index in [1.807, 2.05) is 24.3 Å². The number of fused-ring (bicyclic) bond motifs is 1. The van der Waals surface area contributed by atoms with Crippen LogP contribution in [0, 0.1) is 5.82 Å². The number of hydrogen-bond donors (Lipinski definition) is 2. The maximum Gasteiger partial charge on any atom is 0.419 e. The Bertz CT molecular complexity index is 1160. The molecule has 4 rings (SSSR count). The molecule has 4 aromatic rings. The van der Waals surface area contributed by atoms with Gasteiger partial charge in [0.25, 0.3) is 0 Å². The van der Waals surface area contributed by atoms with Crippen LogP contribution >= 0.6 is 0 Å². The molecule has 0 unspecified atom stereocenters. The smallest absolute Gasteiger partial charge is 0.323 e. The van der Waals surface area contributed by atoms with E-state index in [-0.39, 0.29) is 5.69 Å². The Balaban J connectivity index is 1.51. The van der Waals surface area contributed by atoms with Gasteiger partial charge in [-0.3, -0.25) is 4.79 Å². The van der Waals surface area contributed by atoms with Crippen molar-refractivity contribution < 1.29 is 22.4 Å². The number of nitrogens with zero attached hydrogens (tertiary/aromatic N) is 3. The number of halogens is 4. The minimum Gasteiger partial charge on any atom is -0.323 e. The second-order valence-electron chi connectivity index (χ2n) is 6.25. The average molecular weight is 403 g/mol. The number of amides is 1. The Labute approximate surface area is 161 Å². The number of hydrogen-bond acceptors (Lipinski definition) is 3. The lowest BCUT2D eigenvalue weighted by Crippen LogP contribution is -2.19. The van der Waals surface area contributed by atoms with Crippen LogP contribution in [0.4, 0.5) is 23.2 Å². The molecule has 0 radical (unpaired) electrons. The first-order valence-corrected chi connectivity index (χ1v) is 8.45. The number of aromatic nitrogens is 4. The molecule has 0 aliphatic carbocycles. The predicted molar refractivity (Wildman–Crippen MR) is 97.0 cm³/mol. The molecule has 29 heavy (non-hydrogen) atoms. The molecular weight excluding hydrogens is 390 g/mol. The summed E-state index contributed by atoms with van der Waals surface area (Å²) in [5, 5.41) is 6.54. The predicted octanol–water partition coefficient (Wildman–Crippen LogP) is 4.09. The van der Waals surface area contributed by atoms with Gasteiger partial charge < -0.3 is 10.3 Å². The summed E-state index contributed by atoms with van der Waals surface area (Å²) < 4.78 is 54.2. The molecule has 0 atom stereocenters. The molecule has 0 spiro atoms. The lowest BCUT2D eigenvalue weighted by molar-refractivity contribution is -0.140. The highest BCUT2D eigenvalue weighted by Crippen LogP contribution is 2.34. The molecule has 0 fully saturated rings. The van der Waals surface area contributed by atoms with E-state index in [0.29, 0.717) is 12.0 Å². The van der Waals surface area contributed by atoms with Crippen molar-refractivity contribution in [2.24, 2.45) is 0 Å². The third-order valence-electron chi connectivity index (χ3n) is 4.19. The van der Waals surface area contributed by atoms with Gasteiger partial charge in [0.1, 0.15) is 5.82 Å². The zero-order valence-electron chi connectivity index (χ0n) is 14.7. The molecule has 148 valence electrons. The molecule has 2 heterocycles. The summed E-state index contributed by atoms with van der Waals surface area (Å²) >= 11 is 0. The van der Waals surface area contributed by atoms with Crippen LogP contribution in [-0.4, -0.2) is 25.7 Å². The Kier molecular flexibility index (Phi) is 4.53. The first-order chi connectivity index (χ1) is 13.8. The summed E-state index contributed by atoms with van der Waals surface area (Å²) in [6, 6.07) is 10.3. The maximum absolute atomic E-state index is 13.6. The fourth-order valence-corrected chi connectivity index (χ4v) is 2.96. The summed E-state index contributed by atoms with van der Waals surface area (Å²) in [6.45, 7) is 0. The van der Waals surface area contributed by atoms with E-state index in [1.165, 1.54) is 17.1 Å². The summed E-state index contributed by atoms with van der Waals surface area (Å²) in [4.78, 5) is 19.6. The summed E-state index contributed by atoms with van der Waals surface area (Å²) in [6.07, 6.45) is -2.73. The van der Waals surface area contributed by atoms with Crippen molar-refractivity contribution in [1.82, 2.24) is 19.7 Å². The second kappa shape index (κ2) is 7.04. The molecule has 2 aromatic carbocycles. The van der Waals surface area contributed by atoms with Crippen molar-refractivity contribution in [2.45, 2.75) is 12.6 Å². The van der Waals surface area contributed by atoms with E-state index in [9.17, 15) is 22.4 Å². The summed E-state index contributed by atoms with van der Waals surface area (Å²) in [5.74, 6) is -1.73. The molecule has 0 aliphatic rings. The van der Waals surface area contributed by atoms with E-state index in [2.05, 4.69) is 20.4 Å². The number of anilines is 1. The number of para-hydroxylation sites is 2. The number of nitrogens with one attached hydrogen (secondary N) is 2. The van der Waals surface area contributed by atoms with Gasteiger partial charge in [-0.15, -0.1) is 0 Å². The van der Waals surface area contributed by atoms with Crippen molar-refractivity contribution in [3.63, 3.8) is 0 Å². The van der Waals surface area contributed by atoms with Crippen LogP contribution in [0.5, 0.6) is 0 Å². The van der Waals surface area contributed by atoms with Crippen LogP contribution in [-0.2, 0) is 17.4 Å². The zero-order valence-corrected chi connectivity index (χ0v) is 14.7. The van der Waals surface area contributed by atoms with Crippen LogP contribution < -0.4 is 5.32 Å². The fraction of sp³-hybridized carbons (Fsp3) is 0.105. The van der Waals surface area contributed by atoms with Gasteiger partial charge in [-0.25, -0.2) is 14.1 Å². The van der Waals surface area contributed by atoms with Gasteiger partial charge in [-0.2, -0.15) is 18.3 Å². The highest BCUT2D eigenvalue weighted by molar-refractivity contribution is 5.92. The van der Waals surface area contributed by atoms with Crippen LogP contribution in [0.25, 0.3) is 17.0 Å². The standard InChI is InChI=1S/C19H13F4N5O/c20-13-5-3-4-11(17(13)19(21,22)23)8-16(29)25-12-9-24-28(10-12)18-26-14-6-1-2-7-15(14)27-18/h1-7,9-10H,8H2,(H,25,29)(H,26,27). The van der Waals surface area contributed by atoms with Crippen molar-refractivity contribution in [3.05, 3.63) is 71.8 Å². The first kappa shape index (κ1) is 18.7. The molecular formula is C19H13F4N5O. The van der Waals surface area contributed by atoms with Crippen molar-refractivity contribution in [3.8, 4) is 5.95 Å². The number of benzene rings is 2. The molecule has 2 N–H and O–H groups in total. The monoisotopic (exact) mass is 403 g/mol. The number of carbonyl (C=O) groups is 1. The summed E-state index contributed by atoms with van der Waals surface area (Å²) in [5.41, 5.74) is -0.0862. The highest BCUT2D eigenvalue weighted by Gasteiger charge is 2.37. The van der Waals surface area contributed by atoms with E-state index in [1.54, 1.807) is 0 Å². The zero-order chi connectivity index (χ0) is 20.6. The summed E-state index contributed by atoms with van der Waals surface area (Å²) in [7, 11) is 0. The Morgan fingerprint density at radius 2 is 1.93 bits per heavy atom. The third kappa shape index (κ3) is 3.82. The van der Waals surface area contributed by atoms with Crippen molar-refractivity contribution >= 4 is 22.6 Å².